The Kier molecular flexibility index (Phi) is 2.98. The van der Waals surface area contributed by atoms with Gasteiger partial charge in [-0.25, -0.2) is 9.18 Å². The van der Waals surface area contributed by atoms with Crippen molar-refractivity contribution in [2.75, 3.05) is 7.05 Å². The van der Waals surface area contributed by atoms with Crippen LogP contribution in [0.5, 0.6) is 0 Å². The summed E-state index contributed by atoms with van der Waals surface area (Å²) < 4.78 is 20.1. The molecule has 0 aromatic carbocycles. The van der Waals surface area contributed by atoms with Crippen molar-refractivity contribution in [1.29, 1.82) is 0 Å². The van der Waals surface area contributed by atoms with E-state index in [0.29, 0.717) is 18.6 Å². The van der Waals surface area contributed by atoms with E-state index in [4.69, 9.17) is 4.74 Å². The summed E-state index contributed by atoms with van der Waals surface area (Å²) >= 11 is 0. The molecule has 0 spiro atoms. The number of aliphatic imine (C=N–C) groups is 1. The highest BCUT2D eigenvalue weighted by molar-refractivity contribution is 5.97. The molecular formula is C15H23FN2O2. The minimum absolute atomic E-state index is 0.250. The molecule has 0 bridgehead atoms. The first kappa shape index (κ1) is 14.0. The van der Waals surface area contributed by atoms with Crippen molar-refractivity contribution < 1.29 is 13.9 Å². The van der Waals surface area contributed by atoms with E-state index in [2.05, 4.69) is 9.89 Å². The van der Waals surface area contributed by atoms with E-state index in [0.717, 1.165) is 12.8 Å². The molecule has 0 aliphatic carbocycles. The lowest BCUT2D eigenvalue weighted by Crippen LogP contribution is -2.42. The van der Waals surface area contributed by atoms with Gasteiger partial charge in [0.1, 0.15) is 11.1 Å². The molecule has 3 heterocycles. The minimum Gasteiger partial charge on any atom is -0.459 e. The van der Waals surface area contributed by atoms with Gasteiger partial charge in [-0.15, -0.1) is 0 Å². The third kappa shape index (κ3) is 1.82. The topological polar surface area (TPSA) is 41.7 Å². The summed E-state index contributed by atoms with van der Waals surface area (Å²) in [5.41, 5.74) is -0.634. The first-order valence-electron chi connectivity index (χ1n) is 7.43. The number of hydrogen-bond acceptors (Lipinski definition) is 4. The van der Waals surface area contributed by atoms with Crippen LogP contribution in [0.25, 0.3) is 0 Å². The lowest BCUT2D eigenvalue weighted by Gasteiger charge is -2.31. The van der Waals surface area contributed by atoms with Gasteiger partial charge in [-0.3, -0.25) is 9.89 Å². The van der Waals surface area contributed by atoms with Gasteiger partial charge in [0.05, 0.1) is 6.04 Å². The van der Waals surface area contributed by atoms with E-state index in [1.807, 2.05) is 20.8 Å². The maximum Gasteiger partial charge on any atom is 0.328 e. The highest BCUT2D eigenvalue weighted by atomic mass is 19.1. The van der Waals surface area contributed by atoms with Crippen LogP contribution in [0.1, 0.15) is 46.5 Å². The first-order valence-corrected chi connectivity index (χ1v) is 7.43. The molecule has 0 radical (unpaired) electrons. The number of piperidine rings is 2. The van der Waals surface area contributed by atoms with Gasteiger partial charge in [0.2, 0.25) is 0 Å². The Morgan fingerprint density at radius 2 is 2.20 bits per heavy atom. The Bertz CT molecular complexity index is 471. The number of fused-ring (bicyclic) bond motifs is 1. The van der Waals surface area contributed by atoms with E-state index in [1.165, 1.54) is 0 Å². The monoisotopic (exact) mass is 282 g/mol. The van der Waals surface area contributed by atoms with Crippen molar-refractivity contribution in [3.8, 4) is 0 Å². The summed E-state index contributed by atoms with van der Waals surface area (Å²) in [5.74, 6) is -0.250. The molecule has 0 aromatic rings. The Morgan fingerprint density at radius 3 is 2.80 bits per heavy atom. The number of alkyl halides is 1. The maximum atomic E-state index is 14.6. The number of halogens is 1. The zero-order valence-corrected chi connectivity index (χ0v) is 12.6. The zero-order chi connectivity index (χ0) is 14.7. The largest absolute Gasteiger partial charge is 0.459 e. The number of carbonyl (C=O) groups excluding carboxylic acids is 1. The van der Waals surface area contributed by atoms with Crippen LogP contribution in [0.15, 0.2) is 4.99 Å². The molecule has 3 rings (SSSR count). The normalized spacial score (nSPS) is 45.0. The Morgan fingerprint density at radius 1 is 1.50 bits per heavy atom. The maximum absolute atomic E-state index is 14.6. The summed E-state index contributed by atoms with van der Waals surface area (Å²) in [6, 6.07) is -0.0933. The Balaban J connectivity index is 1.89. The summed E-state index contributed by atoms with van der Waals surface area (Å²) in [7, 11) is 1.64. The minimum atomic E-state index is -1.12. The summed E-state index contributed by atoms with van der Waals surface area (Å²) in [4.78, 5) is 18.7. The lowest BCUT2D eigenvalue weighted by atomic mass is 9.93. The standard InChI is InChI=1S/C15H23FN2O2/c1-14(2,3)20-13(19)15-7-5-6-9-8-10(17-4)11(16)12(15)18(9)15/h9,11-12H,5-8H2,1-4H3/b17-10+/t9?,11-,12?,15?,18?/m0/s1. The summed E-state index contributed by atoms with van der Waals surface area (Å²) in [6.07, 6.45) is 2.22. The van der Waals surface area contributed by atoms with Crippen molar-refractivity contribution in [1.82, 2.24) is 4.90 Å². The van der Waals surface area contributed by atoms with Crippen molar-refractivity contribution in [3.63, 3.8) is 0 Å². The van der Waals surface area contributed by atoms with Crippen LogP contribution < -0.4 is 0 Å². The van der Waals surface area contributed by atoms with Gasteiger partial charge in [-0.2, -0.15) is 0 Å². The quantitative estimate of drug-likeness (QED) is 0.546. The molecule has 3 fully saturated rings. The third-order valence-corrected chi connectivity index (χ3v) is 4.75. The van der Waals surface area contributed by atoms with E-state index in [-0.39, 0.29) is 18.1 Å². The van der Waals surface area contributed by atoms with Gasteiger partial charge < -0.3 is 4.74 Å². The third-order valence-electron chi connectivity index (χ3n) is 4.75. The molecule has 0 aromatic heterocycles. The van der Waals surface area contributed by atoms with Crippen molar-refractivity contribution in [3.05, 3.63) is 0 Å². The predicted octanol–water partition coefficient (Wildman–Crippen LogP) is 2.12. The molecule has 112 valence electrons. The van der Waals surface area contributed by atoms with Gasteiger partial charge in [-0.1, -0.05) is 0 Å². The molecule has 5 heteroatoms. The van der Waals surface area contributed by atoms with Crippen LogP contribution in [0, 0.1) is 0 Å². The second kappa shape index (κ2) is 4.26. The van der Waals surface area contributed by atoms with E-state index >= 15 is 0 Å². The Labute approximate surface area is 119 Å². The van der Waals surface area contributed by atoms with Crippen LogP contribution >= 0.6 is 0 Å². The molecule has 0 N–H and O–H groups in total. The molecule has 3 aliphatic heterocycles. The van der Waals surface area contributed by atoms with Gasteiger partial charge in [0.25, 0.3) is 0 Å². The molecule has 4 nitrogen and oxygen atoms in total. The first-order chi connectivity index (χ1) is 9.31. The number of nitrogens with zero attached hydrogens (tertiary/aromatic N) is 2. The van der Waals surface area contributed by atoms with Gasteiger partial charge in [0, 0.05) is 25.2 Å². The van der Waals surface area contributed by atoms with E-state index in [1.54, 1.807) is 7.05 Å². The van der Waals surface area contributed by atoms with Crippen LogP contribution in [0.2, 0.25) is 0 Å². The van der Waals surface area contributed by atoms with E-state index < -0.39 is 17.3 Å². The predicted molar refractivity (Wildman–Crippen MR) is 74.7 cm³/mol. The molecule has 4 unspecified atom stereocenters. The van der Waals surface area contributed by atoms with Crippen LogP contribution in [-0.4, -0.2) is 53.0 Å². The summed E-state index contributed by atoms with van der Waals surface area (Å²) in [6.45, 7) is 5.57. The fourth-order valence-corrected chi connectivity index (χ4v) is 3.98. The number of carbonyl (C=O) groups is 1. The van der Waals surface area contributed by atoms with E-state index in [9.17, 15) is 9.18 Å². The fraction of sp³-hybridized carbons (Fsp3) is 0.867. The highest BCUT2D eigenvalue weighted by Gasteiger charge is 2.76. The summed E-state index contributed by atoms with van der Waals surface area (Å²) in [5, 5.41) is 0. The lowest BCUT2D eigenvalue weighted by molar-refractivity contribution is -0.160. The van der Waals surface area contributed by atoms with Crippen molar-refractivity contribution >= 4 is 11.7 Å². The zero-order valence-electron chi connectivity index (χ0n) is 12.6. The van der Waals surface area contributed by atoms with Crippen molar-refractivity contribution in [2.45, 2.75) is 75.8 Å². The molecule has 0 saturated carbocycles. The van der Waals surface area contributed by atoms with Gasteiger partial charge in [-0.05, 0) is 40.0 Å². The number of esters is 1. The Hall–Kier alpha value is -0.970. The number of ether oxygens (including phenoxy) is 1. The van der Waals surface area contributed by atoms with Gasteiger partial charge in [0.15, 0.2) is 6.17 Å². The van der Waals surface area contributed by atoms with Gasteiger partial charge >= 0.3 is 5.97 Å². The molecule has 20 heavy (non-hydrogen) atoms. The average molecular weight is 282 g/mol. The number of hydrogen-bond donors (Lipinski definition) is 0. The molecule has 0 amide bonds. The number of rotatable bonds is 1. The molecular weight excluding hydrogens is 259 g/mol. The SMILES string of the molecule is C/N=C1\CC2CCCC3(C(=O)OC(C)(C)C)C([C@H]1F)N23. The smallest absolute Gasteiger partial charge is 0.328 e. The second-order valence-corrected chi connectivity index (χ2v) is 7.15. The van der Waals surface area contributed by atoms with Crippen molar-refractivity contribution in [2.24, 2.45) is 4.99 Å². The second-order valence-electron chi connectivity index (χ2n) is 7.15. The van der Waals surface area contributed by atoms with Crippen LogP contribution in [0.3, 0.4) is 0 Å². The molecule has 3 saturated heterocycles. The average Bonchev–Trinajstić information content (AvgIpc) is 3.04. The van der Waals surface area contributed by atoms with Crippen LogP contribution in [0.4, 0.5) is 4.39 Å². The molecule has 3 aliphatic rings. The highest BCUT2D eigenvalue weighted by Crippen LogP contribution is 2.57. The fourth-order valence-electron chi connectivity index (χ4n) is 3.98. The molecule has 5 atom stereocenters. The van der Waals surface area contributed by atoms with Crippen LogP contribution in [-0.2, 0) is 9.53 Å².